The molecule has 1 aromatic heterocycles. The molecule has 1 heterocycles. The van der Waals surface area contributed by atoms with Crippen molar-refractivity contribution in [2.24, 2.45) is 5.73 Å². The molecular formula is C10H16N2O3S2. The van der Waals surface area contributed by atoms with Crippen LogP contribution in [0.25, 0.3) is 0 Å². The molecule has 5 nitrogen and oxygen atoms in total. The molecule has 0 radical (unpaired) electrons. The van der Waals surface area contributed by atoms with Crippen molar-refractivity contribution >= 4 is 27.1 Å². The van der Waals surface area contributed by atoms with Crippen LogP contribution in [0.1, 0.15) is 10.4 Å². The van der Waals surface area contributed by atoms with Crippen LogP contribution in [0, 0.1) is 6.92 Å². The molecule has 1 amide bonds. The van der Waals surface area contributed by atoms with Crippen LogP contribution in [0.4, 0.5) is 0 Å². The maximum Gasteiger partial charge on any atom is 0.232 e. The first kappa shape index (κ1) is 14.1. The number of hydrogen-bond acceptors (Lipinski definition) is 5. The standard InChI is InChI=1S/C10H16N2O3S2/c1-8-2-4-16-9(8)6-12-3-5-17(14,15)7-10(11)13/h2,4,12H,3,5-7H2,1H3,(H2,11,13). The monoisotopic (exact) mass is 276 g/mol. The zero-order valence-electron chi connectivity index (χ0n) is 9.60. The Morgan fingerprint density at radius 1 is 1.53 bits per heavy atom. The minimum absolute atomic E-state index is 0.0691. The molecule has 3 N–H and O–H groups in total. The number of amides is 1. The van der Waals surface area contributed by atoms with Crippen LogP contribution in [0.5, 0.6) is 0 Å². The number of thiophene rings is 1. The summed E-state index contributed by atoms with van der Waals surface area (Å²) in [7, 11) is -3.37. The van der Waals surface area contributed by atoms with Gasteiger partial charge < -0.3 is 11.1 Å². The van der Waals surface area contributed by atoms with Gasteiger partial charge >= 0.3 is 0 Å². The maximum atomic E-state index is 11.3. The molecule has 1 aromatic rings. The van der Waals surface area contributed by atoms with Gasteiger partial charge in [-0.05, 0) is 23.9 Å². The highest BCUT2D eigenvalue weighted by Crippen LogP contribution is 2.14. The van der Waals surface area contributed by atoms with Gasteiger partial charge in [0.05, 0.1) is 5.75 Å². The number of sulfone groups is 1. The topological polar surface area (TPSA) is 89.3 Å². The van der Waals surface area contributed by atoms with Crippen molar-refractivity contribution in [1.29, 1.82) is 0 Å². The number of hydrogen-bond donors (Lipinski definition) is 2. The van der Waals surface area contributed by atoms with Crippen molar-refractivity contribution in [3.8, 4) is 0 Å². The lowest BCUT2D eigenvalue weighted by Gasteiger charge is -2.04. The zero-order valence-corrected chi connectivity index (χ0v) is 11.2. The van der Waals surface area contributed by atoms with Crippen molar-refractivity contribution in [1.82, 2.24) is 5.32 Å². The van der Waals surface area contributed by atoms with E-state index in [0.717, 1.165) is 0 Å². The first-order chi connectivity index (χ1) is 7.91. The maximum absolute atomic E-state index is 11.3. The fourth-order valence-corrected chi connectivity index (χ4v) is 3.21. The van der Waals surface area contributed by atoms with Crippen molar-refractivity contribution in [2.75, 3.05) is 18.1 Å². The normalized spacial score (nSPS) is 11.6. The van der Waals surface area contributed by atoms with Crippen molar-refractivity contribution in [2.45, 2.75) is 13.5 Å². The minimum atomic E-state index is -3.37. The van der Waals surface area contributed by atoms with E-state index in [9.17, 15) is 13.2 Å². The van der Waals surface area contributed by atoms with E-state index in [4.69, 9.17) is 5.73 Å². The summed E-state index contributed by atoms with van der Waals surface area (Å²) < 4.78 is 22.7. The Kier molecular flexibility index (Phi) is 5.10. The van der Waals surface area contributed by atoms with E-state index in [1.165, 1.54) is 10.4 Å². The van der Waals surface area contributed by atoms with Gasteiger partial charge in [-0.3, -0.25) is 4.79 Å². The second-order valence-electron chi connectivity index (χ2n) is 3.76. The van der Waals surface area contributed by atoms with Gasteiger partial charge in [0.2, 0.25) is 5.91 Å². The van der Waals surface area contributed by atoms with E-state index in [1.807, 2.05) is 18.4 Å². The van der Waals surface area contributed by atoms with Gasteiger partial charge in [-0.1, -0.05) is 0 Å². The second-order valence-corrected chi connectivity index (χ2v) is 6.95. The largest absolute Gasteiger partial charge is 0.369 e. The number of carbonyl (C=O) groups excluding carboxylic acids is 1. The smallest absolute Gasteiger partial charge is 0.232 e. The van der Waals surface area contributed by atoms with E-state index < -0.39 is 21.5 Å². The summed E-state index contributed by atoms with van der Waals surface area (Å²) in [6, 6.07) is 2.02. The van der Waals surface area contributed by atoms with Gasteiger partial charge in [0.25, 0.3) is 0 Å². The molecule has 0 saturated carbocycles. The summed E-state index contributed by atoms with van der Waals surface area (Å²) in [5.74, 6) is -1.45. The van der Waals surface area contributed by atoms with Gasteiger partial charge in [0.15, 0.2) is 9.84 Å². The molecule has 0 spiro atoms. The van der Waals surface area contributed by atoms with Gasteiger partial charge in [-0.15, -0.1) is 11.3 Å². The van der Waals surface area contributed by atoms with E-state index in [-0.39, 0.29) is 5.75 Å². The Hall–Kier alpha value is -0.920. The van der Waals surface area contributed by atoms with Crippen molar-refractivity contribution in [3.63, 3.8) is 0 Å². The lowest BCUT2D eigenvalue weighted by Crippen LogP contribution is -2.29. The molecule has 7 heteroatoms. The summed E-state index contributed by atoms with van der Waals surface area (Å²) in [5, 5.41) is 5.03. The molecule has 0 atom stereocenters. The fraction of sp³-hybridized carbons (Fsp3) is 0.500. The first-order valence-electron chi connectivity index (χ1n) is 5.13. The summed E-state index contributed by atoms with van der Waals surface area (Å²) in [6.45, 7) is 2.99. The highest BCUT2D eigenvalue weighted by atomic mass is 32.2. The van der Waals surface area contributed by atoms with Crippen LogP contribution >= 0.6 is 11.3 Å². The Balaban J connectivity index is 2.29. The Bertz CT molecular complexity index is 479. The quantitative estimate of drug-likeness (QED) is 0.688. The number of carbonyl (C=O) groups is 1. The highest BCUT2D eigenvalue weighted by molar-refractivity contribution is 7.92. The van der Waals surface area contributed by atoms with Crippen LogP contribution in [0.3, 0.4) is 0 Å². The summed E-state index contributed by atoms with van der Waals surface area (Å²) in [4.78, 5) is 11.7. The molecule has 0 aromatic carbocycles. The average Bonchev–Trinajstić information content (AvgIpc) is 2.57. The second kappa shape index (κ2) is 6.13. The third kappa shape index (κ3) is 5.29. The lowest BCUT2D eigenvalue weighted by atomic mass is 10.3. The molecule has 96 valence electrons. The van der Waals surface area contributed by atoms with Gasteiger partial charge in [0.1, 0.15) is 5.75 Å². The van der Waals surface area contributed by atoms with E-state index in [2.05, 4.69) is 5.32 Å². The number of nitrogens with one attached hydrogen (secondary N) is 1. The minimum Gasteiger partial charge on any atom is -0.369 e. The molecule has 0 unspecified atom stereocenters. The molecule has 0 aliphatic heterocycles. The van der Waals surface area contributed by atoms with Crippen molar-refractivity contribution < 1.29 is 13.2 Å². The van der Waals surface area contributed by atoms with E-state index in [0.29, 0.717) is 13.1 Å². The molecule has 0 aliphatic carbocycles. The van der Waals surface area contributed by atoms with Crippen LogP contribution in [0.2, 0.25) is 0 Å². The van der Waals surface area contributed by atoms with Crippen molar-refractivity contribution in [3.05, 3.63) is 21.9 Å². The number of aryl methyl sites for hydroxylation is 1. The van der Waals surface area contributed by atoms with Crippen LogP contribution in [0.15, 0.2) is 11.4 Å². The number of nitrogens with two attached hydrogens (primary N) is 1. The van der Waals surface area contributed by atoms with Gasteiger partial charge in [-0.25, -0.2) is 8.42 Å². The predicted octanol–water partition coefficient (Wildman–Crippen LogP) is 0.0462. The average molecular weight is 276 g/mol. The first-order valence-corrected chi connectivity index (χ1v) is 7.83. The number of rotatable bonds is 7. The Labute approximate surface area is 105 Å². The van der Waals surface area contributed by atoms with Gasteiger partial charge in [0, 0.05) is 18.0 Å². The molecule has 0 aliphatic rings. The summed E-state index contributed by atoms with van der Waals surface area (Å²) >= 11 is 1.63. The van der Waals surface area contributed by atoms with Crippen LogP contribution in [-0.2, 0) is 21.2 Å². The SMILES string of the molecule is Cc1ccsc1CNCCS(=O)(=O)CC(N)=O. The van der Waals surface area contributed by atoms with Gasteiger partial charge in [-0.2, -0.15) is 0 Å². The Morgan fingerprint density at radius 2 is 2.24 bits per heavy atom. The predicted molar refractivity (Wildman–Crippen MR) is 68.6 cm³/mol. The molecule has 0 saturated heterocycles. The molecule has 0 fully saturated rings. The van der Waals surface area contributed by atoms with Crippen LogP contribution in [-0.4, -0.2) is 32.4 Å². The molecular weight excluding hydrogens is 260 g/mol. The number of primary amides is 1. The fourth-order valence-electron chi connectivity index (χ4n) is 1.30. The van der Waals surface area contributed by atoms with Crippen LogP contribution < -0.4 is 11.1 Å². The molecule has 17 heavy (non-hydrogen) atoms. The third-order valence-corrected chi connectivity index (χ3v) is 4.78. The lowest BCUT2D eigenvalue weighted by molar-refractivity contribution is -0.115. The van der Waals surface area contributed by atoms with E-state index in [1.54, 1.807) is 11.3 Å². The Morgan fingerprint density at radius 3 is 2.76 bits per heavy atom. The zero-order chi connectivity index (χ0) is 12.9. The summed E-state index contributed by atoms with van der Waals surface area (Å²) in [5.41, 5.74) is 6.04. The highest BCUT2D eigenvalue weighted by Gasteiger charge is 2.13. The third-order valence-electron chi connectivity index (χ3n) is 2.21. The molecule has 0 bridgehead atoms. The van der Waals surface area contributed by atoms with E-state index >= 15 is 0 Å². The molecule has 1 rings (SSSR count). The summed E-state index contributed by atoms with van der Waals surface area (Å²) in [6.07, 6.45) is 0.